The van der Waals surface area contributed by atoms with Gasteiger partial charge in [-0.25, -0.2) is 10.3 Å². The van der Waals surface area contributed by atoms with Crippen molar-refractivity contribution in [1.29, 1.82) is 0 Å². The van der Waals surface area contributed by atoms with Gasteiger partial charge in [-0.1, -0.05) is 30.3 Å². The van der Waals surface area contributed by atoms with E-state index < -0.39 is 0 Å². The summed E-state index contributed by atoms with van der Waals surface area (Å²) in [6, 6.07) is 9.49. The van der Waals surface area contributed by atoms with Gasteiger partial charge in [0, 0.05) is 13.1 Å². The van der Waals surface area contributed by atoms with Crippen LogP contribution in [-0.4, -0.2) is 35.2 Å². The molecule has 0 radical (unpaired) electrons. The molecule has 1 fully saturated rings. The van der Waals surface area contributed by atoms with Crippen LogP contribution in [0.2, 0.25) is 0 Å². The highest BCUT2D eigenvalue weighted by Gasteiger charge is 2.25. The molecule has 0 bridgehead atoms. The SMILES string of the molecule is CC(O)C1CCN(C(=O)NOCc2ccccc2)CC1. The van der Waals surface area contributed by atoms with Crippen molar-refractivity contribution in [1.82, 2.24) is 10.4 Å². The van der Waals surface area contributed by atoms with Crippen LogP contribution >= 0.6 is 0 Å². The van der Waals surface area contributed by atoms with Crippen molar-refractivity contribution >= 4 is 6.03 Å². The summed E-state index contributed by atoms with van der Waals surface area (Å²) in [6.07, 6.45) is 1.38. The van der Waals surface area contributed by atoms with Crippen LogP contribution in [0.25, 0.3) is 0 Å². The summed E-state index contributed by atoms with van der Waals surface area (Å²) < 4.78 is 0. The number of benzene rings is 1. The molecule has 0 aliphatic carbocycles. The van der Waals surface area contributed by atoms with Gasteiger partial charge in [-0.15, -0.1) is 0 Å². The van der Waals surface area contributed by atoms with Crippen LogP contribution in [-0.2, 0) is 11.4 Å². The quantitative estimate of drug-likeness (QED) is 0.827. The molecule has 0 aromatic heterocycles. The highest BCUT2D eigenvalue weighted by atomic mass is 16.7. The number of likely N-dealkylation sites (tertiary alicyclic amines) is 1. The number of carbonyl (C=O) groups excluding carboxylic acids is 1. The van der Waals surface area contributed by atoms with E-state index in [4.69, 9.17) is 4.84 Å². The number of urea groups is 1. The van der Waals surface area contributed by atoms with E-state index >= 15 is 0 Å². The smallest absolute Gasteiger partial charge is 0.341 e. The van der Waals surface area contributed by atoms with Crippen molar-refractivity contribution < 1.29 is 14.7 Å². The predicted octanol–water partition coefficient (Wildman–Crippen LogP) is 1.92. The third kappa shape index (κ3) is 4.21. The third-order valence-corrected chi connectivity index (χ3v) is 3.75. The molecular weight excluding hydrogens is 256 g/mol. The molecule has 1 aromatic carbocycles. The second-order valence-corrected chi connectivity index (χ2v) is 5.25. The molecule has 1 saturated heterocycles. The Morgan fingerprint density at radius 1 is 1.40 bits per heavy atom. The Bertz CT molecular complexity index is 414. The first kappa shape index (κ1) is 14.8. The Hall–Kier alpha value is -1.59. The van der Waals surface area contributed by atoms with Gasteiger partial charge in [0.15, 0.2) is 0 Å². The Labute approximate surface area is 119 Å². The average Bonchev–Trinajstić information content (AvgIpc) is 2.48. The van der Waals surface area contributed by atoms with Crippen LogP contribution in [0.3, 0.4) is 0 Å². The minimum Gasteiger partial charge on any atom is -0.393 e. The number of aliphatic hydroxyl groups is 1. The number of hydroxylamine groups is 1. The maximum absolute atomic E-state index is 11.9. The molecular formula is C15H22N2O3. The molecule has 2 N–H and O–H groups in total. The molecule has 1 aliphatic rings. The third-order valence-electron chi connectivity index (χ3n) is 3.75. The Morgan fingerprint density at radius 3 is 2.65 bits per heavy atom. The van der Waals surface area contributed by atoms with Crippen molar-refractivity contribution in [3.05, 3.63) is 35.9 Å². The molecule has 2 amide bonds. The van der Waals surface area contributed by atoms with Gasteiger partial charge < -0.3 is 10.0 Å². The standard InChI is InChI=1S/C15H22N2O3/c1-12(18)14-7-9-17(10-8-14)15(19)16-20-11-13-5-3-2-4-6-13/h2-6,12,14,18H,7-11H2,1H3,(H,16,19). The monoisotopic (exact) mass is 278 g/mol. The highest BCUT2D eigenvalue weighted by Crippen LogP contribution is 2.20. The number of amides is 2. The molecule has 0 spiro atoms. The van der Waals surface area contributed by atoms with Crippen LogP contribution in [0, 0.1) is 5.92 Å². The lowest BCUT2D eigenvalue weighted by Crippen LogP contribution is -2.45. The van der Waals surface area contributed by atoms with Gasteiger partial charge in [-0.05, 0) is 31.2 Å². The van der Waals surface area contributed by atoms with E-state index in [1.807, 2.05) is 37.3 Å². The number of nitrogens with zero attached hydrogens (tertiary/aromatic N) is 1. The largest absolute Gasteiger partial charge is 0.393 e. The first-order valence-corrected chi connectivity index (χ1v) is 7.05. The Morgan fingerprint density at radius 2 is 2.05 bits per heavy atom. The molecule has 1 atom stereocenters. The minimum absolute atomic E-state index is 0.204. The molecule has 5 nitrogen and oxygen atoms in total. The second kappa shape index (κ2) is 7.26. The zero-order valence-corrected chi connectivity index (χ0v) is 11.8. The summed E-state index contributed by atoms with van der Waals surface area (Å²) in [7, 11) is 0. The molecule has 1 unspecified atom stereocenters. The first-order valence-electron chi connectivity index (χ1n) is 7.05. The average molecular weight is 278 g/mol. The number of aliphatic hydroxyl groups excluding tert-OH is 1. The normalized spacial score (nSPS) is 17.8. The number of nitrogens with one attached hydrogen (secondary N) is 1. The fourth-order valence-electron chi connectivity index (χ4n) is 2.40. The van der Waals surface area contributed by atoms with E-state index in [1.165, 1.54) is 0 Å². The van der Waals surface area contributed by atoms with Crippen LogP contribution in [0.5, 0.6) is 0 Å². The molecule has 1 aromatic rings. The van der Waals surface area contributed by atoms with Gasteiger partial charge in [0.2, 0.25) is 0 Å². The zero-order chi connectivity index (χ0) is 14.4. The maximum Gasteiger partial charge on any atom is 0.341 e. The number of rotatable bonds is 4. The first-order chi connectivity index (χ1) is 9.66. The van der Waals surface area contributed by atoms with Crippen LogP contribution in [0.15, 0.2) is 30.3 Å². The molecule has 5 heteroatoms. The number of piperidine rings is 1. The highest BCUT2D eigenvalue weighted by molar-refractivity contribution is 5.73. The fourth-order valence-corrected chi connectivity index (χ4v) is 2.40. The van der Waals surface area contributed by atoms with Gasteiger partial charge in [-0.3, -0.25) is 4.84 Å². The fraction of sp³-hybridized carbons (Fsp3) is 0.533. The summed E-state index contributed by atoms with van der Waals surface area (Å²) in [5, 5.41) is 9.53. The summed E-state index contributed by atoms with van der Waals surface area (Å²) in [4.78, 5) is 18.8. The van der Waals surface area contributed by atoms with Gasteiger partial charge in [-0.2, -0.15) is 0 Å². The van der Waals surface area contributed by atoms with Gasteiger partial charge in [0.1, 0.15) is 0 Å². The summed E-state index contributed by atoms with van der Waals surface area (Å²) in [5.74, 6) is 0.296. The van der Waals surface area contributed by atoms with Gasteiger partial charge >= 0.3 is 6.03 Å². The van der Waals surface area contributed by atoms with Crippen LogP contribution in [0.1, 0.15) is 25.3 Å². The van der Waals surface area contributed by atoms with Crippen molar-refractivity contribution in [2.45, 2.75) is 32.5 Å². The lowest BCUT2D eigenvalue weighted by molar-refractivity contribution is 0.0265. The lowest BCUT2D eigenvalue weighted by atomic mass is 9.92. The lowest BCUT2D eigenvalue weighted by Gasteiger charge is -2.32. The minimum atomic E-state index is -0.297. The Kier molecular flexibility index (Phi) is 5.38. The second-order valence-electron chi connectivity index (χ2n) is 5.25. The molecule has 0 saturated carbocycles. The van der Waals surface area contributed by atoms with E-state index in [9.17, 15) is 9.90 Å². The number of hydrogen-bond donors (Lipinski definition) is 2. The van der Waals surface area contributed by atoms with E-state index in [2.05, 4.69) is 5.48 Å². The van der Waals surface area contributed by atoms with Crippen molar-refractivity contribution in [2.75, 3.05) is 13.1 Å². The Balaban J connectivity index is 1.68. The topological polar surface area (TPSA) is 61.8 Å². The van der Waals surface area contributed by atoms with Crippen LogP contribution < -0.4 is 5.48 Å². The molecule has 20 heavy (non-hydrogen) atoms. The summed E-state index contributed by atoms with van der Waals surface area (Å²) >= 11 is 0. The van der Waals surface area contributed by atoms with E-state index in [-0.39, 0.29) is 12.1 Å². The van der Waals surface area contributed by atoms with E-state index in [0.717, 1.165) is 18.4 Å². The number of hydrogen-bond acceptors (Lipinski definition) is 3. The van der Waals surface area contributed by atoms with Gasteiger partial charge in [0.05, 0.1) is 12.7 Å². The molecule has 110 valence electrons. The van der Waals surface area contributed by atoms with Gasteiger partial charge in [0.25, 0.3) is 0 Å². The molecule has 1 heterocycles. The summed E-state index contributed by atoms with van der Waals surface area (Å²) in [6.45, 7) is 3.49. The number of carbonyl (C=O) groups is 1. The maximum atomic E-state index is 11.9. The predicted molar refractivity (Wildman–Crippen MR) is 75.7 cm³/mol. The molecule has 2 rings (SSSR count). The van der Waals surface area contributed by atoms with Crippen molar-refractivity contribution in [3.8, 4) is 0 Å². The van der Waals surface area contributed by atoms with Crippen molar-refractivity contribution in [2.24, 2.45) is 5.92 Å². The van der Waals surface area contributed by atoms with Crippen molar-refractivity contribution in [3.63, 3.8) is 0 Å². The summed E-state index contributed by atoms with van der Waals surface area (Å²) in [5.41, 5.74) is 3.48. The van der Waals surface area contributed by atoms with Crippen LogP contribution in [0.4, 0.5) is 4.79 Å². The molecule has 1 aliphatic heterocycles. The zero-order valence-electron chi connectivity index (χ0n) is 11.8. The van der Waals surface area contributed by atoms with E-state index in [0.29, 0.717) is 25.6 Å². The van der Waals surface area contributed by atoms with E-state index in [1.54, 1.807) is 4.90 Å².